The normalized spacial score (nSPS) is 11.0. The van der Waals surface area contributed by atoms with Crippen molar-refractivity contribution in [3.8, 4) is 5.75 Å². The van der Waals surface area contributed by atoms with Gasteiger partial charge < -0.3 is 10.1 Å². The largest absolute Gasteiger partial charge is 0.495 e. The first-order valence-electron chi connectivity index (χ1n) is 8.32. The first-order chi connectivity index (χ1) is 13.8. The van der Waals surface area contributed by atoms with Crippen molar-refractivity contribution in [2.75, 3.05) is 17.1 Å². The van der Waals surface area contributed by atoms with E-state index >= 15 is 0 Å². The van der Waals surface area contributed by atoms with Gasteiger partial charge in [0.1, 0.15) is 5.75 Å². The average Bonchev–Trinajstić information content (AvgIpc) is 2.70. The molecule has 3 aromatic carbocycles. The van der Waals surface area contributed by atoms with Gasteiger partial charge in [0.2, 0.25) is 0 Å². The van der Waals surface area contributed by atoms with Gasteiger partial charge in [0.25, 0.3) is 15.9 Å². The summed E-state index contributed by atoms with van der Waals surface area (Å²) in [6.07, 6.45) is 0. The topological polar surface area (TPSA) is 84.5 Å². The van der Waals surface area contributed by atoms with E-state index in [-0.39, 0.29) is 10.5 Å². The second-order valence-electron chi connectivity index (χ2n) is 5.94. The molecule has 1 amide bonds. The fraction of sp³-hybridized carbons (Fsp3) is 0.0500. The van der Waals surface area contributed by atoms with E-state index in [0.717, 1.165) is 0 Å². The van der Waals surface area contributed by atoms with Crippen molar-refractivity contribution < 1.29 is 17.9 Å². The van der Waals surface area contributed by atoms with E-state index in [1.54, 1.807) is 42.5 Å². The number of rotatable bonds is 6. The van der Waals surface area contributed by atoms with Crippen LogP contribution < -0.4 is 14.8 Å². The zero-order valence-electron chi connectivity index (χ0n) is 15.1. The van der Waals surface area contributed by atoms with Gasteiger partial charge in [-0.25, -0.2) is 8.42 Å². The van der Waals surface area contributed by atoms with Gasteiger partial charge in [-0.15, -0.1) is 0 Å². The van der Waals surface area contributed by atoms with Crippen LogP contribution in [0.1, 0.15) is 10.4 Å². The number of hydrogen-bond acceptors (Lipinski definition) is 4. The zero-order valence-corrected chi connectivity index (χ0v) is 17.5. The Hall–Kier alpha value is -2.74. The monoisotopic (exact) mass is 450 g/mol. The molecule has 9 heteroatoms. The summed E-state index contributed by atoms with van der Waals surface area (Å²) in [7, 11) is -2.33. The van der Waals surface area contributed by atoms with E-state index in [1.807, 2.05) is 0 Å². The Kier molecular flexibility index (Phi) is 6.32. The summed E-state index contributed by atoms with van der Waals surface area (Å²) in [4.78, 5) is 12.5. The lowest BCUT2D eigenvalue weighted by molar-refractivity contribution is 0.102. The molecule has 0 aliphatic rings. The van der Waals surface area contributed by atoms with Gasteiger partial charge in [-0.3, -0.25) is 9.52 Å². The number of benzene rings is 3. The molecule has 3 aromatic rings. The Morgan fingerprint density at radius 3 is 2.14 bits per heavy atom. The number of amides is 1. The van der Waals surface area contributed by atoms with Crippen molar-refractivity contribution >= 4 is 50.5 Å². The molecule has 29 heavy (non-hydrogen) atoms. The maximum Gasteiger partial charge on any atom is 0.261 e. The van der Waals surface area contributed by atoms with Gasteiger partial charge >= 0.3 is 0 Å². The van der Waals surface area contributed by atoms with E-state index in [0.29, 0.717) is 27.2 Å². The molecule has 0 fully saturated rings. The van der Waals surface area contributed by atoms with Crippen molar-refractivity contribution in [1.82, 2.24) is 0 Å². The lowest BCUT2D eigenvalue weighted by atomic mass is 10.2. The molecule has 0 atom stereocenters. The predicted molar refractivity (Wildman–Crippen MR) is 115 cm³/mol. The van der Waals surface area contributed by atoms with Gasteiger partial charge in [-0.1, -0.05) is 23.2 Å². The van der Waals surface area contributed by atoms with Crippen molar-refractivity contribution in [2.45, 2.75) is 4.90 Å². The first-order valence-corrected chi connectivity index (χ1v) is 10.6. The third-order valence-electron chi connectivity index (χ3n) is 3.93. The average molecular weight is 451 g/mol. The van der Waals surface area contributed by atoms with E-state index in [1.165, 1.54) is 31.4 Å². The Labute approximate surface area is 178 Å². The van der Waals surface area contributed by atoms with Crippen LogP contribution in [-0.4, -0.2) is 21.4 Å². The van der Waals surface area contributed by atoms with Gasteiger partial charge in [0.15, 0.2) is 0 Å². The number of anilines is 2. The standard InChI is InChI=1S/C20H16Cl2N2O4S/c1-28-19-11-6-15(22)12-18(19)23-20(25)13-2-9-17(10-3-13)29(26,27)24-16-7-4-14(21)5-8-16/h2-12,24H,1H3,(H,23,25). The number of hydrogen-bond donors (Lipinski definition) is 2. The minimum Gasteiger partial charge on any atom is -0.495 e. The Bertz CT molecular complexity index is 1130. The van der Waals surface area contributed by atoms with Gasteiger partial charge in [0, 0.05) is 21.3 Å². The Morgan fingerprint density at radius 1 is 0.897 bits per heavy atom. The minimum atomic E-state index is -3.81. The quantitative estimate of drug-likeness (QED) is 0.549. The van der Waals surface area contributed by atoms with E-state index in [4.69, 9.17) is 27.9 Å². The maximum absolute atomic E-state index is 12.5. The summed E-state index contributed by atoms with van der Waals surface area (Å²) in [5.74, 6) is 0.0225. The molecule has 0 bridgehead atoms. The molecule has 0 heterocycles. The van der Waals surface area contributed by atoms with Crippen LogP contribution >= 0.6 is 23.2 Å². The summed E-state index contributed by atoms with van der Waals surface area (Å²) in [5.41, 5.74) is 1.06. The van der Waals surface area contributed by atoms with E-state index < -0.39 is 15.9 Å². The number of ether oxygens (including phenoxy) is 1. The SMILES string of the molecule is COc1ccc(Cl)cc1NC(=O)c1ccc(S(=O)(=O)Nc2ccc(Cl)cc2)cc1. The highest BCUT2D eigenvalue weighted by molar-refractivity contribution is 7.92. The number of halogens is 2. The third kappa shape index (κ3) is 5.20. The van der Waals surface area contributed by atoms with Gasteiger partial charge in [-0.2, -0.15) is 0 Å². The second kappa shape index (κ2) is 8.73. The van der Waals surface area contributed by atoms with Crippen LogP contribution in [0.3, 0.4) is 0 Å². The fourth-order valence-corrected chi connectivity index (χ4v) is 3.85. The van der Waals surface area contributed by atoms with Gasteiger partial charge in [-0.05, 0) is 66.7 Å². The van der Waals surface area contributed by atoms with E-state index in [2.05, 4.69) is 10.0 Å². The molecule has 0 saturated carbocycles. The summed E-state index contributed by atoms with van der Waals surface area (Å²) < 4.78 is 32.7. The first kappa shape index (κ1) is 21.0. The molecule has 0 aliphatic heterocycles. The van der Waals surface area contributed by atoms with Crippen LogP contribution in [0.15, 0.2) is 71.6 Å². The zero-order chi connectivity index (χ0) is 21.0. The smallest absolute Gasteiger partial charge is 0.261 e. The molecular formula is C20H16Cl2N2O4S. The van der Waals surface area contributed by atoms with Crippen LogP contribution in [0.25, 0.3) is 0 Å². The van der Waals surface area contributed by atoms with Crippen LogP contribution in [0, 0.1) is 0 Å². The Balaban J connectivity index is 1.76. The highest BCUT2D eigenvalue weighted by Crippen LogP contribution is 2.28. The highest BCUT2D eigenvalue weighted by atomic mass is 35.5. The van der Waals surface area contributed by atoms with Crippen molar-refractivity contribution in [3.63, 3.8) is 0 Å². The number of methoxy groups -OCH3 is 1. The van der Waals surface area contributed by atoms with Crippen molar-refractivity contribution in [2.24, 2.45) is 0 Å². The van der Waals surface area contributed by atoms with Crippen LogP contribution in [0.4, 0.5) is 11.4 Å². The lowest BCUT2D eigenvalue weighted by Crippen LogP contribution is -2.15. The molecule has 6 nitrogen and oxygen atoms in total. The molecule has 0 aliphatic carbocycles. The molecule has 2 N–H and O–H groups in total. The summed E-state index contributed by atoms with van der Waals surface area (Å²) in [5, 5.41) is 3.64. The van der Waals surface area contributed by atoms with Crippen LogP contribution in [-0.2, 0) is 10.0 Å². The highest BCUT2D eigenvalue weighted by Gasteiger charge is 2.16. The molecule has 150 valence electrons. The van der Waals surface area contributed by atoms with Gasteiger partial charge in [0.05, 0.1) is 17.7 Å². The molecular weight excluding hydrogens is 435 g/mol. The maximum atomic E-state index is 12.5. The van der Waals surface area contributed by atoms with Crippen LogP contribution in [0.5, 0.6) is 5.75 Å². The molecule has 0 aromatic heterocycles. The predicted octanol–water partition coefficient (Wildman–Crippen LogP) is 5.06. The number of nitrogens with one attached hydrogen (secondary N) is 2. The van der Waals surface area contributed by atoms with Crippen molar-refractivity contribution in [1.29, 1.82) is 0 Å². The molecule has 0 radical (unpaired) electrons. The molecule has 0 saturated heterocycles. The van der Waals surface area contributed by atoms with E-state index in [9.17, 15) is 13.2 Å². The summed E-state index contributed by atoms with van der Waals surface area (Å²) in [6.45, 7) is 0. The number of carbonyl (C=O) groups is 1. The molecule has 0 spiro atoms. The summed E-state index contributed by atoms with van der Waals surface area (Å²) in [6, 6.07) is 16.6. The third-order valence-corrected chi connectivity index (χ3v) is 5.82. The number of sulfonamides is 1. The minimum absolute atomic E-state index is 0.0179. The number of carbonyl (C=O) groups excluding carboxylic acids is 1. The molecule has 3 rings (SSSR count). The fourth-order valence-electron chi connectivity index (χ4n) is 2.49. The van der Waals surface area contributed by atoms with Crippen LogP contribution in [0.2, 0.25) is 10.0 Å². The lowest BCUT2D eigenvalue weighted by Gasteiger charge is -2.11. The second-order valence-corrected chi connectivity index (χ2v) is 8.49. The Morgan fingerprint density at radius 2 is 1.52 bits per heavy atom. The molecule has 0 unspecified atom stereocenters. The summed E-state index contributed by atoms with van der Waals surface area (Å²) >= 11 is 11.8. The van der Waals surface area contributed by atoms with Crippen molar-refractivity contribution in [3.05, 3.63) is 82.3 Å².